The van der Waals surface area contributed by atoms with Crippen LogP contribution < -0.4 is 11.1 Å². The topological polar surface area (TPSA) is 200 Å². The van der Waals surface area contributed by atoms with Crippen LogP contribution in [0.25, 0.3) is 5.76 Å². The average molecular weight is 546 g/mol. The molecule has 0 aromatic heterocycles. The summed E-state index contributed by atoms with van der Waals surface area (Å²) < 4.78 is 5.22. The zero-order chi connectivity index (χ0) is 29.3. The first-order valence-corrected chi connectivity index (χ1v) is 12.7. The minimum absolute atomic E-state index is 0.0826. The van der Waals surface area contributed by atoms with Crippen LogP contribution in [0.2, 0.25) is 0 Å². The van der Waals surface area contributed by atoms with E-state index in [1.165, 1.54) is 11.0 Å². The molecule has 4 rings (SSSR count). The number of primary amides is 1. The molecule has 39 heavy (non-hydrogen) atoms. The number of ether oxygens (including phenoxy) is 1. The van der Waals surface area contributed by atoms with Gasteiger partial charge in [0.1, 0.15) is 23.0 Å². The molecule has 2 amide bonds. The second kappa shape index (κ2) is 9.61. The van der Waals surface area contributed by atoms with Gasteiger partial charge >= 0.3 is 6.09 Å². The van der Waals surface area contributed by atoms with E-state index in [1.807, 2.05) is 0 Å². The van der Waals surface area contributed by atoms with Gasteiger partial charge in [-0.25, -0.2) is 4.79 Å². The Morgan fingerprint density at radius 2 is 1.69 bits per heavy atom. The molecule has 7 N–H and O–H groups in total. The van der Waals surface area contributed by atoms with Crippen molar-refractivity contribution < 1.29 is 44.3 Å². The van der Waals surface area contributed by atoms with Crippen LogP contribution in [0.1, 0.15) is 44.7 Å². The normalized spacial score (nSPS) is 32.3. The second-order valence-electron chi connectivity index (χ2n) is 11.8. The van der Waals surface area contributed by atoms with Crippen LogP contribution in [0.5, 0.6) is 5.75 Å². The minimum Gasteiger partial charge on any atom is -0.507 e. The average Bonchev–Trinajstić information content (AvgIpc) is 2.78. The molecule has 212 valence electrons. The van der Waals surface area contributed by atoms with Crippen LogP contribution in [0.15, 0.2) is 17.7 Å². The maximum absolute atomic E-state index is 13.9. The van der Waals surface area contributed by atoms with Gasteiger partial charge in [-0.1, -0.05) is 13.0 Å². The van der Waals surface area contributed by atoms with E-state index in [9.17, 15) is 39.6 Å². The molecule has 3 aliphatic carbocycles. The lowest BCUT2D eigenvalue weighted by atomic mass is 9.54. The van der Waals surface area contributed by atoms with Crippen molar-refractivity contribution in [2.24, 2.45) is 29.4 Å². The molecule has 0 radical (unpaired) electrons. The number of nitrogens with two attached hydrogens (primary N) is 1. The van der Waals surface area contributed by atoms with Crippen LogP contribution in [0.4, 0.5) is 10.5 Å². The number of nitrogens with one attached hydrogen (secondary N) is 1. The van der Waals surface area contributed by atoms with E-state index in [1.54, 1.807) is 47.9 Å². The Morgan fingerprint density at radius 3 is 2.23 bits per heavy atom. The highest BCUT2D eigenvalue weighted by atomic mass is 16.6. The van der Waals surface area contributed by atoms with Gasteiger partial charge in [-0.2, -0.15) is 0 Å². The Kier molecular flexibility index (Phi) is 7.03. The molecule has 0 spiro atoms. The van der Waals surface area contributed by atoms with Crippen LogP contribution in [-0.4, -0.2) is 86.8 Å². The quantitative estimate of drug-likeness (QED) is 0.234. The summed E-state index contributed by atoms with van der Waals surface area (Å²) in [5.41, 5.74) is 4.54. The van der Waals surface area contributed by atoms with Crippen molar-refractivity contribution in [3.63, 3.8) is 0 Å². The van der Waals surface area contributed by atoms with Gasteiger partial charge in [0.25, 0.3) is 0 Å². The summed E-state index contributed by atoms with van der Waals surface area (Å²) in [5, 5.41) is 47.4. The second-order valence-corrected chi connectivity index (χ2v) is 11.8. The highest BCUT2D eigenvalue weighted by Gasteiger charge is 2.63. The number of aliphatic hydroxyl groups is 3. The minimum atomic E-state index is -1.68. The summed E-state index contributed by atoms with van der Waals surface area (Å²) in [7, 11) is 3.19. The van der Waals surface area contributed by atoms with Crippen LogP contribution in [0.3, 0.4) is 0 Å². The van der Waals surface area contributed by atoms with Crippen LogP contribution in [-0.2, 0) is 19.1 Å². The number of nitrogens with zero attached hydrogens (tertiary/aromatic N) is 1. The molecule has 8 atom stereocenters. The Labute approximate surface area is 225 Å². The fourth-order valence-electron chi connectivity index (χ4n) is 6.47. The lowest BCUT2D eigenvalue weighted by Gasteiger charge is -2.53. The molecule has 12 nitrogen and oxygen atoms in total. The van der Waals surface area contributed by atoms with E-state index in [-0.39, 0.29) is 16.8 Å². The number of rotatable bonds is 3. The third kappa shape index (κ3) is 4.46. The fourth-order valence-corrected chi connectivity index (χ4v) is 6.47. The number of fused-ring (bicyclic) bond motifs is 3. The zero-order valence-corrected chi connectivity index (χ0v) is 22.6. The third-order valence-electron chi connectivity index (χ3n) is 8.00. The van der Waals surface area contributed by atoms with Gasteiger partial charge in [0.05, 0.1) is 29.4 Å². The summed E-state index contributed by atoms with van der Waals surface area (Å²) >= 11 is 0. The standard InChI is InChI=1S/C27H35N3O9/c1-9-10-7-8-11(29-26(38)39-27(2,3)4)19(31)13(10)21(33)15-12(9)20(32)14-16(22(15)34)23(35)17(25(28)37)24(36)18(14)30(5)6/h7-9,12,14,16-18,20,24,31-33,36H,1-6H3,(H2,28,37)(H,29,38)/t9-,12?,14?,16?,17?,18-,20-,24?/m0/s1. The number of carbonyl (C=O) groups excluding carboxylic acids is 4. The summed E-state index contributed by atoms with van der Waals surface area (Å²) in [6.07, 6.45) is -3.78. The van der Waals surface area contributed by atoms with Crippen molar-refractivity contribution in [3.05, 3.63) is 28.8 Å². The van der Waals surface area contributed by atoms with Crippen molar-refractivity contribution in [1.82, 2.24) is 4.90 Å². The van der Waals surface area contributed by atoms with Crippen molar-refractivity contribution >= 4 is 35.0 Å². The lowest BCUT2D eigenvalue weighted by Crippen LogP contribution is -2.68. The number of benzene rings is 1. The van der Waals surface area contributed by atoms with E-state index in [2.05, 4.69) is 5.32 Å². The smallest absolute Gasteiger partial charge is 0.412 e. The summed E-state index contributed by atoms with van der Waals surface area (Å²) in [4.78, 5) is 53.3. The van der Waals surface area contributed by atoms with Crippen LogP contribution in [0, 0.1) is 23.7 Å². The molecule has 0 bridgehead atoms. The first-order chi connectivity index (χ1) is 18.0. The first kappa shape index (κ1) is 28.5. The summed E-state index contributed by atoms with van der Waals surface area (Å²) in [6.45, 7) is 6.70. The molecule has 12 heteroatoms. The first-order valence-electron chi connectivity index (χ1n) is 12.7. The van der Waals surface area contributed by atoms with Gasteiger partial charge in [-0.3, -0.25) is 19.7 Å². The molecule has 0 saturated heterocycles. The number of phenols is 1. The Balaban J connectivity index is 1.85. The van der Waals surface area contributed by atoms with Gasteiger partial charge in [-0.15, -0.1) is 0 Å². The molecule has 1 aromatic carbocycles. The molecular formula is C27H35N3O9. The number of hydrogen-bond acceptors (Lipinski definition) is 10. The number of carbonyl (C=O) groups is 4. The van der Waals surface area contributed by atoms with Crippen molar-refractivity contribution in [2.45, 2.75) is 57.5 Å². The molecule has 5 unspecified atom stereocenters. The molecule has 1 aromatic rings. The van der Waals surface area contributed by atoms with Gasteiger partial charge in [0, 0.05) is 23.5 Å². The Hall–Kier alpha value is -3.48. The number of Topliss-reactive ketones (excluding diaryl/α,β-unsaturated/α-hetero) is 2. The summed E-state index contributed by atoms with van der Waals surface area (Å²) in [6, 6.07) is 2.01. The molecule has 3 aliphatic rings. The number of hydrogen-bond donors (Lipinski definition) is 6. The SMILES string of the molecule is C[C@H]1c2ccc(NC(=O)OC(C)(C)C)c(O)c2C(O)=C2C(=O)C3C(=O)C(C(N)=O)C(O)[C@@H](N(C)C)C3[C@@H](O)C21. The Morgan fingerprint density at radius 1 is 1.08 bits per heavy atom. The van der Waals surface area contributed by atoms with E-state index in [4.69, 9.17) is 10.5 Å². The van der Waals surface area contributed by atoms with E-state index in [0.717, 1.165) is 0 Å². The summed E-state index contributed by atoms with van der Waals surface area (Å²) in [5.74, 6) is -9.94. The van der Waals surface area contributed by atoms with E-state index < -0.39 is 88.5 Å². The number of aromatic hydroxyl groups is 1. The number of phenolic OH excluding ortho intramolecular Hbond substituents is 1. The highest BCUT2D eigenvalue weighted by Crippen LogP contribution is 2.55. The van der Waals surface area contributed by atoms with Gasteiger partial charge < -0.3 is 35.8 Å². The third-order valence-corrected chi connectivity index (χ3v) is 8.00. The Bertz CT molecular complexity index is 1280. The largest absolute Gasteiger partial charge is 0.507 e. The molecule has 2 fully saturated rings. The fraction of sp³-hybridized carbons (Fsp3) is 0.556. The lowest BCUT2D eigenvalue weighted by molar-refractivity contribution is -0.166. The number of amides is 2. The van der Waals surface area contributed by atoms with E-state index >= 15 is 0 Å². The number of anilines is 1. The van der Waals surface area contributed by atoms with E-state index in [0.29, 0.717) is 5.56 Å². The highest BCUT2D eigenvalue weighted by molar-refractivity contribution is 6.19. The predicted molar refractivity (Wildman–Crippen MR) is 139 cm³/mol. The van der Waals surface area contributed by atoms with Crippen LogP contribution >= 0.6 is 0 Å². The monoisotopic (exact) mass is 545 g/mol. The molecular weight excluding hydrogens is 510 g/mol. The van der Waals surface area contributed by atoms with Crippen molar-refractivity contribution in [3.8, 4) is 5.75 Å². The number of likely N-dealkylation sites (N-methyl/N-ethyl adjacent to an activating group) is 1. The predicted octanol–water partition coefficient (Wildman–Crippen LogP) is 0.893. The molecule has 0 aliphatic heterocycles. The number of aliphatic hydroxyl groups excluding tert-OH is 3. The molecule has 2 saturated carbocycles. The van der Waals surface area contributed by atoms with Gasteiger partial charge in [0.15, 0.2) is 11.6 Å². The van der Waals surface area contributed by atoms with Crippen molar-refractivity contribution in [2.75, 3.05) is 19.4 Å². The maximum Gasteiger partial charge on any atom is 0.412 e. The van der Waals surface area contributed by atoms with Crippen molar-refractivity contribution in [1.29, 1.82) is 0 Å². The number of ketones is 2. The molecule has 0 heterocycles. The van der Waals surface area contributed by atoms with Gasteiger partial charge in [-0.05, 0) is 52.4 Å². The zero-order valence-electron chi connectivity index (χ0n) is 22.6. The maximum atomic E-state index is 13.9. The van der Waals surface area contributed by atoms with Gasteiger partial charge in [0.2, 0.25) is 5.91 Å².